The van der Waals surface area contributed by atoms with Gasteiger partial charge >= 0.3 is 6.18 Å². The van der Waals surface area contributed by atoms with Crippen molar-refractivity contribution in [1.29, 1.82) is 0 Å². The summed E-state index contributed by atoms with van der Waals surface area (Å²) in [5, 5.41) is 3.06. The van der Waals surface area contributed by atoms with Crippen LogP contribution in [-0.2, 0) is 6.54 Å². The maximum Gasteiger partial charge on any atom is 0.422 e. The molecule has 0 spiro atoms. The minimum Gasteiger partial charge on any atom is -0.468 e. The van der Waals surface area contributed by atoms with Gasteiger partial charge in [0.15, 0.2) is 6.61 Å². The number of hydrogen-bond donors (Lipinski definition) is 1. The van der Waals surface area contributed by atoms with Gasteiger partial charge in [0, 0.05) is 38.1 Å². The number of piperidine rings is 1. The first-order valence-electron chi connectivity index (χ1n) is 10.5. The van der Waals surface area contributed by atoms with Crippen molar-refractivity contribution in [2.45, 2.75) is 31.5 Å². The van der Waals surface area contributed by atoms with Crippen LogP contribution in [0.15, 0.2) is 60.9 Å². The topological polar surface area (TPSA) is 63.2 Å². The van der Waals surface area contributed by atoms with E-state index in [4.69, 9.17) is 4.74 Å². The smallest absolute Gasteiger partial charge is 0.422 e. The molecule has 3 aromatic rings. The number of anilines is 2. The highest BCUT2D eigenvalue weighted by Gasteiger charge is 2.29. The molecular formula is C23H24F3N5O. The molecule has 0 aliphatic carbocycles. The lowest BCUT2D eigenvalue weighted by Crippen LogP contribution is -2.33. The van der Waals surface area contributed by atoms with E-state index in [0.717, 1.165) is 31.5 Å². The lowest BCUT2D eigenvalue weighted by Gasteiger charge is -2.33. The predicted molar refractivity (Wildman–Crippen MR) is 116 cm³/mol. The van der Waals surface area contributed by atoms with E-state index in [0.29, 0.717) is 18.3 Å². The molecule has 2 aromatic heterocycles. The van der Waals surface area contributed by atoms with Gasteiger partial charge in [-0.05, 0) is 36.0 Å². The van der Waals surface area contributed by atoms with Crippen LogP contribution in [0.25, 0.3) is 0 Å². The van der Waals surface area contributed by atoms with Gasteiger partial charge in [-0.2, -0.15) is 23.1 Å². The number of pyridine rings is 1. The average Bonchev–Trinajstić information content (AvgIpc) is 2.82. The van der Waals surface area contributed by atoms with Gasteiger partial charge in [-0.15, -0.1) is 0 Å². The lowest BCUT2D eigenvalue weighted by molar-refractivity contribution is -0.154. The molecule has 1 aliphatic rings. The molecule has 0 unspecified atom stereocenters. The molecule has 168 valence electrons. The molecule has 0 saturated carbocycles. The number of alkyl halides is 3. The quantitative estimate of drug-likeness (QED) is 0.566. The molecular weight excluding hydrogens is 419 g/mol. The third-order valence-electron chi connectivity index (χ3n) is 5.34. The van der Waals surface area contributed by atoms with Crippen molar-refractivity contribution < 1.29 is 17.9 Å². The number of aromatic nitrogens is 3. The van der Waals surface area contributed by atoms with Gasteiger partial charge in [0.25, 0.3) is 0 Å². The second kappa shape index (κ2) is 9.84. The van der Waals surface area contributed by atoms with E-state index < -0.39 is 12.8 Å². The number of ether oxygens (including phenoxy) is 1. The number of nitrogens with zero attached hydrogens (tertiary/aromatic N) is 4. The van der Waals surface area contributed by atoms with Crippen molar-refractivity contribution in [3.63, 3.8) is 0 Å². The van der Waals surface area contributed by atoms with Gasteiger partial charge < -0.3 is 15.0 Å². The lowest BCUT2D eigenvalue weighted by atomic mass is 9.89. The Labute approximate surface area is 184 Å². The molecule has 0 bridgehead atoms. The summed E-state index contributed by atoms with van der Waals surface area (Å²) in [4.78, 5) is 14.8. The van der Waals surface area contributed by atoms with E-state index >= 15 is 0 Å². The van der Waals surface area contributed by atoms with Gasteiger partial charge in [-0.1, -0.05) is 36.4 Å². The Morgan fingerprint density at radius 3 is 2.50 bits per heavy atom. The molecule has 6 nitrogen and oxygen atoms in total. The zero-order chi connectivity index (χ0) is 22.4. The van der Waals surface area contributed by atoms with Crippen molar-refractivity contribution in [2.75, 3.05) is 29.9 Å². The molecule has 1 aliphatic heterocycles. The maximum atomic E-state index is 12.7. The standard InChI is InChI=1S/C23H24F3N5O/c24-23(25,26)16-32-21-13-20(29-22(30-21)28-15-17-5-4-10-27-14-17)31-11-8-19(9-12-31)18-6-2-1-3-7-18/h1-7,10,13-14,19H,8-9,11-12,15-16H2,(H,28,29,30). The first-order valence-corrected chi connectivity index (χ1v) is 10.5. The molecule has 1 saturated heterocycles. The Morgan fingerprint density at radius 2 is 1.81 bits per heavy atom. The number of rotatable bonds is 7. The van der Waals surface area contributed by atoms with Gasteiger partial charge in [0.1, 0.15) is 5.82 Å². The Kier molecular flexibility index (Phi) is 6.72. The zero-order valence-corrected chi connectivity index (χ0v) is 17.4. The number of nitrogens with one attached hydrogen (secondary N) is 1. The van der Waals surface area contributed by atoms with Gasteiger partial charge in [-0.3, -0.25) is 4.98 Å². The fourth-order valence-electron chi connectivity index (χ4n) is 3.73. The molecule has 1 N–H and O–H groups in total. The Balaban J connectivity index is 1.48. The van der Waals surface area contributed by atoms with Crippen LogP contribution in [-0.4, -0.2) is 40.8 Å². The molecule has 0 radical (unpaired) electrons. The van der Waals surface area contributed by atoms with Crippen LogP contribution in [0, 0.1) is 0 Å². The largest absolute Gasteiger partial charge is 0.468 e. The second-order valence-electron chi connectivity index (χ2n) is 7.68. The highest BCUT2D eigenvalue weighted by molar-refractivity contribution is 5.47. The summed E-state index contributed by atoms with van der Waals surface area (Å²) in [5.74, 6) is 1.12. The number of benzene rings is 1. The molecule has 1 aromatic carbocycles. The minimum atomic E-state index is -4.44. The van der Waals surface area contributed by atoms with Crippen LogP contribution < -0.4 is 15.0 Å². The summed E-state index contributed by atoms with van der Waals surface area (Å²) in [5.41, 5.74) is 2.21. The summed E-state index contributed by atoms with van der Waals surface area (Å²) >= 11 is 0. The highest BCUT2D eigenvalue weighted by Crippen LogP contribution is 2.31. The van der Waals surface area contributed by atoms with Gasteiger partial charge in [-0.25, -0.2) is 0 Å². The maximum absolute atomic E-state index is 12.7. The van der Waals surface area contributed by atoms with Crippen molar-refractivity contribution in [3.8, 4) is 5.88 Å². The molecule has 32 heavy (non-hydrogen) atoms. The molecule has 0 atom stereocenters. The Morgan fingerprint density at radius 1 is 1.03 bits per heavy atom. The SMILES string of the molecule is FC(F)(F)COc1cc(N2CCC(c3ccccc3)CC2)nc(NCc2cccnc2)n1. The Bertz CT molecular complexity index is 994. The van der Waals surface area contributed by atoms with Crippen LogP contribution in [0.5, 0.6) is 5.88 Å². The van der Waals surface area contributed by atoms with Gasteiger partial charge in [0.2, 0.25) is 11.8 Å². The van der Waals surface area contributed by atoms with E-state index in [1.165, 1.54) is 11.6 Å². The monoisotopic (exact) mass is 443 g/mol. The van der Waals surface area contributed by atoms with E-state index in [-0.39, 0.29) is 11.8 Å². The normalized spacial score (nSPS) is 14.9. The summed E-state index contributed by atoms with van der Waals surface area (Å²) in [6.45, 7) is 0.488. The minimum absolute atomic E-state index is 0.105. The summed E-state index contributed by atoms with van der Waals surface area (Å²) in [7, 11) is 0. The molecule has 9 heteroatoms. The zero-order valence-electron chi connectivity index (χ0n) is 17.4. The first-order chi connectivity index (χ1) is 15.5. The van der Waals surface area contributed by atoms with Crippen LogP contribution in [0.3, 0.4) is 0 Å². The third-order valence-corrected chi connectivity index (χ3v) is 5.34. The van der Waals surface area contributed by atoms with Crippen molar-refractivity contribution in [2.24, 2.45) is 0 Å². The second-order valence-corrected chi connectivity index (χ2v) is 7.68. The fourth-order valence-corrected chi connectivity index (χ4v) is 3.73. The van der Waals surface area contributed by atoms with E-state index in [1.54, 1.807) is 12.4 Å². The van der Waals surface area contributed by atoms with Crippen molar-refractivity contribution >= 4 is 11.8 Å². The van der Waals surface area contributed by atoms with Crippen LogP contribution in [0.2, 0.25) is 0 Å². The third kappa shape index (κ3) is 6.09. The van der Waals surface area contributed by atoms with Crippen molar-refractivity contribution in [1.82, 2.24) is 15.0 Å². The van der Waals surface area contributed by atoms with Crippen LogP contribution in [0.1, 0.15) is 29.9 Å². The molecule has 4 rings (SSSR count). The average molecular weight is 443 g/mol. The Hall–Kier alpha value is -3.36. The van der Waals surface area contributed by atoms with E-state index in [1.807, 2.05) is 30.3 Å². The van der Waals surface area contributed by atoms with Crippen LogP contribution in [0.4, 0.5) is 24.9 Å². The summed E-state index contributed by atoms with van der Waals surface area (Å²) < 4.78 is 42.9. The highest BCUT2D eigenvalue weighted by atomic mass is 19.4. The van der Waals surface area contributed by atoms with E-state index in [9.17, 15) is 13.2 Å². The fraction of sp³-hybridized carbons (Fsp3) is 0.348. The molecule has 3 heterocycles. The number of halogens is 3. The van der Waals surface area contributed by atoms with Crippen LogP contribution >= 0.6 is 0 Å². The summed E-state index contributed by atoms with van der Waals surface area (Å²) in [6, 6.07) is 15.5. The van der Waals surface area contributed by atoms with Crippen molar-refractivity contribution in [3.05, 3.63) is 72.1 Å². The van der Waals surface area contributed by atoms with E-state index in [2.05, 4.69) is 37.3 Å². The van der Waals surface area contributed by atoms with Gasteiger partial charge in [0.05, 0.1) is 0 Å². The first kappa shape index (κ1) is 21.9. The summed E-state index contributed by atoms with van der Waals surface area (Å²) in [6.07, 6.45) is 0.799. The predicted octanol–water partition coefficient (Wildman–Crippen LogP) is 4.81. The molecule has 1 fully saturated rings. The molecule has 0 amide bonds. The number of hydrogen-bond acceptors (Lipinski definition) is 6.